The first-order valence-corrected chi connectivity index (χ1v) is 13.6. The van der Waals surface area contributed by atoms with Gasteiger partial charge in [-0.2, -0.15) is 4.31 Å². The van der Waals surface area contributed by atoms with Crippen LogP contribution in [-0.4, -0.2) is 44.1 Å². The summed E-state index contributed by atoms with van der Waals surface area (Å²) >= 11 is 0. The van der Waals surface area contributed by atoms with Gasteiger partial charge in [0.1, 0.15) is 11.1 Å². The molecule has 178 valence electrons. The van der Waals surface area contributed by atoms with Gasteiger partial charge in [0.2, 0.25) is 10.0 Å². The lowest BCUT2D eigenvalue weighted by molar-refractivity contribution is -0.0146. The smallest absolute Gasteiger partial charge is 0.221 e. The van der Waals surface area contributed by atoms with Crippen molar-refractivity contribution in [3.05, 3.63) is 65.5 Å². The van der Waals surface area contributed by atoms with Gasteiger partial charge in [0.05, 0.1) is 5.60 Å². The van der Waals surface area contributed by atoms with Gasteiger partial charge < -0.3 is 9.64 Å². The van der Waals surface area contributed by atoms with Crippen molar-refractivity contribution in [3.63, 3.8) is 0 Å². The van der Waals surface area contributed by atoms with Gasteiger partial charge in [-0.3, -0.25) is 0 Å². The third kappa shape index (κ3) is 4.43. The topological polar surface area (TPSA) is 49.9 Å². The van der Waals surface area contributed by atoms with Crippen LogP contribution in [0, 0.1) is 5.82 Å². The van der Waals surface area contributed by atoms with E-state index < -0.39 is 15.3 Å². The molecular weight excluding hydrogens is 439 g/mol. The Balaban J connectivity index is 1.31. The summed E-state index contributed by atoms with van der Waals surface area (Å²) in [5.41, 5.74) is 2.12. The molecule has 5 nitrogen and oxygen atoms in total. The number of rotatable bonds is 4. The Morgan fingerprint density at radius 2 is 1.82 bits per heavy atom. The van der Waals surface area contributed by atoms with Gasteiger partial charge in [0.15, 0.2) is 0 Å². The van der Waals surface area contributed by atoms with Gasteiger partial charge in [0, 0.05) is 43.5 Å². The summed E-state index contributed by atoms with van der Waals surface area (Å²) in [6.45, 7) is 4.55. The van der Waals surface area contributed by atoms with Crippen molar-refractivity contribution in [1.29, 1.82) is 0 Å². The van der Waals surface area contributed by atoms with E-state index in [1.54, 1.807) is 12.1 Å². The van der Waals surface area contributed by atoms with Crippen LogP contribution in [0.5, 0.6) is 0 Å². The summed E-state index contributed by atoms with van der Waals surface area (Å²) in [7, 11) is -3.58. The van der Waals surface area contributed by atoms with Gasteiger partial charge in [-0.05, 0) is 63.1 Å². The first kappa shape index (κ1) is 22.8. The third-order valence-corrected chi connectivity index (χ3v) is 10.2. The number of sulfonamides is 1. The fraction of sp³-hybridized carbons (Fsp3) is 0.538. The molecule has 7 heteroatoms. The van der Waals surface area contributed by atoms with E-state index in [2.05, 4.69) is 4.90 Å². The Morgan fingerprint density at radius 3 is 2.48 bits per heavy atom. The molecule has 3 saturated heterocycles. The zero-order valence-corrected chi connectivity index (χ0v) is 20.1. The quantitative estimate of drug-likeness (QED) is 0.626. The fourth-order valence-corrected chi connectivity index (χ4v) is 7.89. The van der Waals surface area contributed by atoms with Crippen LogP contribution >= 0.6 is 0 Å². The molecule has 2 aromatic rings. The van der Waals surface area contributed by atoms with E-state index in [1.807, 2.05) is 43.3 Å². The zero-order valence-electron chi connectivity index (χ0n) is 19.2. The minimum atomic E-state index is -3.58. The van der Waals surface area contributed by atoms with E-state index in [-0.39, 0.29) is 24.0 Å². The minimum absolute atomic E-state index is 0.0308. The number of benzene rings is 2. The summed E-state index contributed by atoms with van der Waals surface area (Å²) in [5.74, 6) is -0.339. The monoisotopic (exact) mass is 472 g/mol. The first-order valence-electron chi connectivity index (χ1n) is 12.1. The maximum absolute atomic E-state index is 15.2. The van der Waals surface area contributed by atoms with E-state index in [9.17, 15) is 8.42 Å². The molecule has 0 saturated carbocycles. The van der Waals surface area contributed by atoms with Crippen molar-refractivity contribution in [3.8, 4) is 0 Å². The summed E-state index contributed by atoms with van der Waals surface area (Å²) in [4.78, 5) is 2.21. The van der Waals surface area contributed by atoms with E-state index in [1.165, 1.54) is 4.31 Å². The SMILES string of the molecule is CC1CCC(c2ccccc2)S(=O)(=O)N1Cc1ccc(N2CCC3(CCCO3)CC2)cc1F. The predicted molar refractivity (Wildman–Crippen MR) is 128 cm³/mol. The summed E-state index contributed by atoms with van der Waals surface area (Å²) in [5, 5.41) is -0.573. The molecule has 0 aliphatic carbocycles. The number of ether oxygens (including phenoxy) is 1. The molecule has 2 aromatic carbocycles. The van der Waals surface area contributed by atoms with E-state index >= 15 is 4.39 Å². The molecule has 0 aromatic heterocycles. The number of anilines is 1. The lowest BCUT2D eigenvalue weighted by Crippen LogP contribution is -2.45. The minimum Gasteiger partial charge on any atom is -0.375 e. The number of halogens is 1. The highest BCUT2D eigenvalue weighted by Gasteiger charge is 2.41. The standard InChI is InChI=1S/C26H33FN2O3S/c1-20-8-11-25(21-6-3-2-4-7-21)33(30,31)29(20)19-22-9-10-23(18-24(22)27)28-15-13-26(14-16-28)12-5-17-32-26/h2-4,6-7,9-10,18,20,25H,5,8,11-17,19H2,1H3. The number of piperidine rings is 1. The zero-order chi connectivity index (χ0) is 23.1. The van der Waals surface area contributed by atoms with Crippen LogP contribution in [0.1, 0.15) is 61.8 Å². The average molecular weight is 473 g/mol. The van der Waals surface area contributed by atoms with Gasteiger partial charge >= 0.3 is 0 Å². The summed E-state index contributed by atoms with van der Waals surface area (Å²) in [6.07, 6.45) is 5.55. The molecule has 33 heavy (non-hydrogen) atoms. The molecule has 3 heterocycles. The van der Waals surface area contributed by atoms with Crippen LogP contribution < -0.4 is 4.90 Å². The molecule has 2 unspecified atom stereocenters. The molecule has 2 atom stereocenters. The van der Waals surface area contributed by atoms with Gasteiger partial charge in [0.25, 0.3) is 0 Å². The van der Waals surface area contributed by atoms with Crippen molar-refractivity contribution in [2.45, 2.75) is 68.9 Å². The number of hydrogen-bond acceptors (Lipinski definition) is 4. The van der Waals surface area contributed by atoms with Crippen LogP contribution in [0.2, 0.25) is 0 Å². The molecule has 0 bridgehead atoms. The first-order chi connectivity index (χ1) is 15.9. The highest BCUT2D eigenvalue weighted by molar-refractivity contribution is 7.89. The molecule has 0 amide bonds. The summed E-state index contributed by atoms with van der Waals surface area (Å²) in [6, 6.07) is 14.5. The van der Waals surface area contributed by atoms with Crippen molar-refractivity contribution >= 4 is 15.7 Å². The maximum Gasteiger partial charge on any atom is 0.221 e. The van der Waals surface area contributed by atoms with Crippen LogP contribution in [-0.2, 0) is 21.3 Å². The second kappa shape index (κ2) is 9.01. The number of nitrogens with zero attached hydrogens (tertiary/aromatic N) is 2. The lowest BCUT2D eigenvalue weighted by Gasteiger charge is -2.40. The fourth-order valence-electron chi connectivity index (χ4n) is 5.70. The Morgan fingerprint density at radius 1 is 1.06 bits per heavy atom. The highest BCUT2D eigenvalue weighted by Crippen LogP contribution is 2.39. The molecule has 3 fully saturated rings. The Kier molecular flexibility index (Phi) is 6.23. The van der Waals surface area contributed by atoms with E-state index in [0.29, 0.717) is 12.0 Å². The second-order valence-electron chi connectivity index (χ2n) is 9.81. The van der Waals surface area contributed by atoms with Gasteiger partial charge in [-0.1, -0.05) is 36.4 Å². The van der Waals surface area contributed by atoms with Crippen molar-refractivity contribution in [1.82, 2.24) is 4.31 Å². The van der Waals surface area contributed by atoms with Crippen LogP contribution in [0.3, 0.4) is 0 Å². The molecule has 0 N–H and O–H groups in total. The number of hydrogen-bond donors (Lipinski definition) is 0. The molecule has 5 rings (SSSR count). The largest absolute Gasteiger partial charge is 0.375 e. The van der Waals surface area contributed by atoms with Gasteiger partial charge in [-0.15, -0.1) is 0 Å². The van der Waals surface area contributed by atoms with E-state index in [4.69, 9.17) is 4.74 Å². The predicted octanol–water partition coefficient (Wildman–Crippen LogP) is 5.03. The Bertz CT molecular complexity index is 1080. The third-order valence-electron chi connectivity index (χ3n) is 7.78. The van der Waals surface area contributed by atoms with E-state index in [0.717, 1.165) is 63.1 Å². The van der Waals surface area contributed by atoms with Crippen molar-refractivity contribution in [2.24, 2.45) is 0 Å². The van der Waals surface area contributed by atoms with Crippen LogP contribution in [0.25, 0.3) is 0 Å². The molecule has 1 spiro atoms. The summed E-state index contributed by atoms with van der Waals surface area (Å²) < 4.78 is 49.6. The molecule has 3 aliphatic heterocycles. The maximum atomic E-state index is 15.2. The molecular formula is C26H33FN2O3S. The second-order valence-corrected chi connectivity index (χ2v) is 11.9. The Labute approximate surface area is 196 Å². The molecule has 0 radical (unpaired) electrons. The normalized spacial score (nSPS) is 27.2. The average Bonchev–Trinajstić information content (AvgIpc) is 3.26. The van der Waals surface area contributed by atoms with Gasteiger partial charge in [-0.25, -0.2) is 12.8 Å². The van der Waals surface area contributed by atoms with Crippen molar-refractivity contribution < 1.29 is 17.5 Å². The Hall–Kier alpha value is -1.96. The van der Waals surface area contributed by atoms with Crippen LogP contribution in [0.4, 0.5) is 10.1 Å². The molecule has 3 aliphatic rings. The lowest BCUT2D eigenvalue weighted by atomic mass is 9.88. The van der Waals surface area contributed by atoms with Crippen LogP contribution in [0.15, 0.2) is 48.5 Å². The van der Waals surface area contributed by atoms with Crippen molar-refractivity contribution in [2.75, 3.05) is 24.6 Å². The highest BCUT2D eigenvalue weighted by atomic mass is 32.2.